The van der Waals surface area contributed by atoms with Crippen LogP contribution in [0.2, 0.25) is 5.02 Å². The minimum atomic E-state index is -4.84. The zero-order valence-corrected chi connectivity index (χ0v) is 20.5. The number of carbonyl (C=O) groups excluding carboxylic acids is 2. The van der Waals surface area contributed by atoms with Gasteiger partial charge >= 0.3 is 6.18 Å². The molecule has 2 heterocycles. The summed E-state index contributed by atoms with van der Waals surface area (Å²) in [4.78, 5) is 29.3. The van der Waals surface area contributed by atoms with Gasteiger partial charge in [-0.15, -0.1) is 0 Å². The molecule has 3 N–H and O–H groups in total. The van der Waals surface area contributed by atoms with E-state index in [1.54, 1.807) is 18.2 Å². The Morgan fingerprint density at radius 1 is 1.12 bits per heavy atom. The highest BCUT2D eigenvalue weighted by Gasteiger charge is 2.37. The van der Waals surface area contributed by atoms with E-state index in [4.69, 9.17) is 17.3 Å². The second kappa shape index (κ2) is 9.01. The van der Waals surface area contributed by atoms with Gasteiger partial charge in [-0.25, -0.2) is 9.67 Å². The summed E-state index contributed by atoms with van der Waals surface area (Å²) in [5.74, 6) is -2.03. The van der Waals surface area contributed by atoms with E-state index in [1.165, 1.54) is 24.4 Å². The van der Waals surface area contributed by atoms with Crippen LogP contribution in [0.25, 0.3) is 16.6 Å². The average molecular weight is 618 g/mol. The Labute approximate surface area is 211 Å². The minimum Gasteiger partial charge on any atom is -0.366 e. The lowest BCUT2D eigenvalue weighted by molar-refractivity contribution is -0.141. The number of hydrogen-bond acceptors (Lipinski definition) is 4. The van der Waals surface area contributed by atoms with Gasteiger partial charge in [0.15, 0.2) is 11.5 Å². The molecule has 13 heteroatoms. The third kappa shape index (κ3) is 4.52. The van der Waals surface area contributed by atoms with Gasteiger partial charge in [0.2, 0.25) is 0 Å². The highest BCUT2D eigenvalue weighted by atomic mass is 79.9. The molecule has 0 atom stereocenters. The Balaban J connectivity index is 1.87. The van der Waals surface area contributed by atoms with E-state index in [0.717, 1.165) is 4.47 Å². The van der Waals surface area contributed by atoms with Crippen molar-refractivity contribution < 1.29 is 22.8 Å². The lowest BCUT2D eigenvalue weighted by Gasteiger charge is -2.15. The standard InChI is InChI=1S/C21H11Br2ClF3N5O2/c22-10-3-4-11-9(6-10)7-12(18(28)33)17(16(11)23)30-20(34)14-8-15(21(25,26)27)31-32(14)19-13(24)2-1-5-29-19/h1-8H,(H2,28,33)(H,30,34). The molecule has 0 saturated carbocycles. The fourth-order valence-electron chi connectivity index (χ4n) is 3.20. The summed E-state index contributed by atoms with van der Waals surface area (Å²) < 4.78 is 41.9. The van der Waals surface area contributed by atoms with Crippen LogP contribution in [0.5, 0.6) is 0 Å². The topological polar surface area (TPSA) is 103 Å². The Bertz CT molecular complexity index is 1470. The normalized spacial score (nSPS) is 11.6. The van der Waals surface area contributed by atoms with Crippen LogP contribution in [-0.2, 0) is 6.18 Å². The molecular formula is C21H11Br2ClF3N5O2. The molecule has 2 aromatic carbocycles. The molecule has 0 spiro atoms. The van der Waals surface area contributed by atoms with Gasteiger partial charge in [-0.05, 0) is 57.0 Å². The van der Waals surface area contributed by atoms with Crippen LogP contribution < -0.4 is 11.1 Å². The molecule has 2 aromatic heterocycles. The molecule has 4 aromatic rings. The SMILES string of the molecule is NC(=O)c1cc2cc(Br)ccc2c(Br)c1NC(=O)c1cc(C(F)(F)F)nn1-c1ncccc1Cl. The Hall–Kier alpha value is -2.96. The number of nitrogens with zero attached hydrogens (tertiary/aromatic N) is 3. The van der Waals surface area contributed by atoms with Crippen molar-refractivity contribution in [3.8, 4) is 5.82 Å². The Morgan fingerprint density at radius 2 is 1.85 bits per heavy atom. The zero-order valence-electron chi connectivity index (χ0n) is 16.6. The zero-order chi connectivity index (χ0) is 24.8. The van der Waals surface area contributed by atoms with Gasteiger partial charge in [0, 0.05) is 21.2 Å². The predicted octanol–water partition coefficient (Wildman–Crippen LogP) is 5.97. The van der Waals surface area contributed by atoms with Crippen molar-refractivity contribution in [3.63, 3.8) is 0 Å². The molecule has 0 saturated heterocycles. The average Bonchev–Trinajstić information content (AvgIpc) is 3.21. The van der Waals surface area contributed by atoms with Crippen molar-refractivity contribution in [2.24, 2.45) is 5.73 Å². The number of pyridine rings is 1. The highest BCUT2D eigenvalue weighted by Crippen LogP contribution is 2.37. The van der Waals surface area contributed by atoms with E-state index in [-0.39, 0.29) is 22.1 Å². The van der Waals surface area contributed by atoms with Crippen LogP contribution in [-0.4, -0.2) is 26.6 Å². The molecule has 34 heavy (non-hydrogen) atoms. The van der Waals surface area contributed by atoms with E-state index in [0.29, 0.717) is 26.0 Å². The first-order chi connectivity index (χ1) is 16.0. The molecule has 0 bridgehead atoms. The number of hydrogen-bond donors (Lipinski definition) is 2. The van der Waals surface area contributed by atoms with E-state index >= 15 is 0 Å². The smallest absolute Gasteiger partial charge is 0.366 e. The molecule has 4 rings (SSSR count). The fraction of sp³-hybridized carbons (Fsp3) is 0.0476. The molecule has 0 radical (unpaired) electrons. The number of fused-ring (bicyclic) bond motifs is 1. The number of amides is 2. The van der Waals surface area contributed by atoms with E-state index < -0.39 is 29.4 Å². The molecular weight excluding hydrogens is 607 g/mol. The molecule has 0 fully saturated rings. The van der Waals surface area contributed by atoms with Crippen molar-refractivity contribution in [1.29, 1.82) is 0 Å². The number of alkyl halides is 3. The number of nitrogens with one attached hydrogen (secondary N) is 1. The van der Waals surface area contributed by atoms with Gasteiger partial charge in [0.1, 0.15) is 5.69 Å². The van der Waals surface area contributed by atoms with Crippen molar-refractivity contribution in [2.45, 2.75) is 6.18 Å². The lowest BCUT2D eigenvalue weighted by Crippen LogP contribution is -2.21. The Kier molecular flexibility index (Phi) is 6.40. The number of anilines is 1. The number of aromatic nitrogens is 3. The predicted molar refractivity (Wildman–Crippen MR) is 127 cm³/mol. The maximum Gasteiger partial charge on any atom is 0.435 e. The second-order valence-corrected chi connectivity index (χ2v) is 9.05. The van der Waals surface area contributed by atoms with E-state index in [9.17, 15) is 22.8 Å². The highest BCUT2D eigenvalue weighted by molar-refractivity contribution is 9.11. The summed E-state index contributed by atoms with van der Waals surface area (Å²) in [5.41, 5.74) is 3.62. The maximum absolute atomic E-state index is 13.4. The van der Waals surface area contributed by atoms with Gasteiger partial charge in [0.05, 0.1) is 16.3 Å². The van der Waals surface area contributed by atoms with Crippen molar-refractivity contribution in [2.75, 3.05) is 5.32 Å². The lowest BCUT2D eigenvalue weighted by atomic mass is 10.0. The quantitative estimate of drug-likeness (QED) is 0.295. The number of nitrogens with two attached hydrogens (primary N) is 1. The van der Waals surface area contributed by atoms with Gasteiger partial charge < -0.3 is 11.1 Å². The molecule has 7 nitrogen and oxygen atoms in total. The van der Waals surface area contributed by atoms with Gasteiger partial charge in [-0.2, -0.15) is 18.3 Å². The fourth-order valence-corrected chi connectivity index (χ4v) is 4.46. The third-order valence-corrected chi connectivity index (χ3v) is 6.33. The number of primary amides is 1. The number of benzene rings is 2. The van der Waals surface area contributed by atoms with Crippen molar-refractivity contribution in [1.82, 2.24) is 14.8 Å². The van der Waals surface area contributed by atoms with Crippen LogP contribution in [0.4, 0.5) is 18.9 Å². The minimum absolute atomic E-state index is 0.0132. The summed E-state index contributed by atoms with van der Waals surface area (Å²) in [6, 6.07) is 10.1. The third-order valence-electron chi connectivity index (χ3n) is 4.71. The first-order valence-electron chi connectivity index (χ1n) is 9.28. The van der Waals surface area contributed by atoms with Crippen molar-refractivity contribution in [3.05, 3.63) is 79.6 Å². The van der Waals surface area contributed by atoms with Crippen LogP contribution in [0.1, 0.15) is 26.5 Å². The molecule has 0 aliphatic carbocycles. The summed E-state index contributed by atoms with van der Waals surface area (Å²) in [6.45, 7) is 0. The van der Waals surface area contributed by atoms with E-state index in [2.05, 4.69) is 47.3 Å². The largest absolute Gasteiger partial charge is 0.435 e. The summed E-state index contributed by atoms with van der Waals surface area (Å²) in [5, 5.41) is 7.21. The molecule has 2 amide bonds. The molecule has 0 aliphatic rings. The second-order valence-electron chi connectivity index (χ2n) is 6.93. The first-order valence-corrected chi connectivity index (χ1v) is 11.2. The van der Waals surface area contributed by atoms with Gasteiger partial charge in [-0.3, -0.25) is 9.59 Å². The molecule has 0 unspecified atom stereocenters. The number of halogens is 6. The van der Waals surface area contributed by atoms with Gasteiger partial charge in [0.25, 0.3) is 11.8 Å². The van der Waals surface area contributed by atoms with Crippen LogP contribution in [0.15, 0.2) is 57.6 Å². The number of carbonyl (C=O) groups is 2. The number of rotatable bonds is 4. The summed E-state index contributed by atoms with van der Waals surface area (Å²) in [6.07, 6.45) is -3.54. The van der Waals surface area contributed by atoms with E-state index in [1.807, 2.05) is 0 Å². The van der Waals surface area contributed by atoms with Crippen LogP contribution in [0, 0.1) is 0 Å². The molecule has 0 aliphatic heterocycles. The van der Waals surface area contributed by atoms with Gasteiger partial charge in [-0.1, -0.05) is 33.6 Å². The monoisotopic (exact) mass is 615 g/mol. The Morgan fingerprint density at radius 3 is 2.50 bits per heavy atom. The molecule has 174 valence electrons. The van der Waals surface area contributed by atoms with Crippen LogP contribution >= 0.6 is 43.5 Å². The summed E-state index contributed by atoms with van der Waals surface area (Å²) >= 11 is 12.8. The summed E-state index contributed by atoms with van der Waals surface area (Å²) in [7, 11) is 0. The van der Waals surface area contributed by atoms with Crippen molar-refractivity contribution >= 4 is 71.7 Å². The van der Waals surface area contributed by atoms with Crippen LogP contribution in [0.3, 0.4) is 0 Å². The maximum atomic E-state index is 13.4. The first kappa shape index (κ1) is 24.2.